The van der Waals surface area contributed by atoms with Crippen molar-refractivity contribution in [1.82, 2.24) is 24.9 Å². The number of nitrogens with zero attached hydrogens (tertiary/aromatic N) is 4. The summed E-state index contributed by atoms with van der Waals surface area (Å²) in [7, 11) is 1.58. The highest BCUT2D eigenvalue weighted by Gasteiger charge is 2.17. The molecule has 0 spiro atoms. The third-order valence-electron chi connectivity index (χ3n) is 4.59. The summed E-state index contributed by atoms with van der Waals surface area (Å²) in [6.07, 6.45) is 3.45. The van der Waals surface area contributed by atoms with E-state index in [1.165, 1.54) is 0 Å². The van der Waals surface area contributed by atoms with Crippen molar-refractivity contribution in [3.8, 4) is 5.88 Å². The molecule has 1 fully saturated rings. The molecule has 0 unspecified atom stereocenters. The number of aryl methyl sites for hydroxylation is 1. The van der Waals surface area contributed by atoms with Crippen molar-refractivity contribution < 1.29 is 14.3 Å². The lowest BCUT2D eigenvalue weighted by molar-refractivity contribution is 0.0524. The molecule has 28 heavy (non-hydrogen) atoms. The number of rotatable bonds is 9. The van der Waals surface area contributed by atoms with E-state index >= 15 is 0 Å². The highest BCUT2D eigenvalue weighted by Crippen LogP contribution is 2.17. The quantitative estimate of drug-likeness (QED) is 0.609. The van der Waals surface area contributed by atoms with Gasteiger partial charge in [-0.3, -0.25) is 4.68 Å². The van der Waals surface area contributed by atoms with Crippen LogP contribution in [0.5, 0.6) is 5.88 Å². The van der Waals surface area contributed by atoms with E-state index in [-0.39, 0.29) is 6.09 Å². The van der Waals surface area contributed by atoms with Gasteiger partial charge < -0.3 is 30.3 Å². The number of nitrogen functional groups attached to an aromatic ring is 1. The second-order valence-electron chi connectivity index (χ2n) is 8.18. The smallest absolute Gasteiger partial charge is 0.407 e. The van der Waals surface area contributed by atoms with Crippen molar-refractivity contribution in [3.63, 3.8) is 0 Å². The van der Waals surface area contributed by atoms with Gasteiger partial charge in [-0.2, -0.15) is 0 Å². The number of nitrogens with two attached hydrogens (primary N) is 1. The molecule has 1 aromatic heterocycles. The predicted molar refractivity (Wildman–Crippen MR) is 110 cm³/mol. The monoisotopic (exact) mass is 396 g/mol. The summed E-state index contributed by atoms with van der Waals surface area (Å²) in [5.41, 5.74) is 5.95. The van der Waals surface area contributed by atoms with E-state index < -0.39 is 5.60 Å². The summed E-state index contributed by atoms with van der Waals surface area (Å²) in [4.78, 5) is 16.6. The van der Waals surface area contributed by atoms with E-state index in [0.717, 1.165) is 58.7 Å². The van der Waals surface area contributed by atoms with E-state index in [4.69, 9.17) is 15.2 Å². The van der Waals surface area contributed by atoms with E-state index in [0.29, 0.717) is 18.1 Å². The zero-order valence-corrected chi connectivity index (χ0v) is 17.7. The third kappa shape index (κ3) is 7.93. The summed E-state index contributed by atoms with van der Waals surface area (Å²) in [6.45, 7) is 13.4. The average Bonchev–Trinajstić information content (AvgIpc) is 2.98. The predicted octanol–water partition coefficient (Wildman–Crippen LogP) is 1.40. The van der Waals surface area contributed by atoms with Crippen LogP contribution in [-0.4, -0.2) is 84.2 Å². The number of hydrogen-bond acceptors (Lipinski definition) is 7. The maximum atomic E-state index is 11.6. The molecule has 0 aromatic carbocycles. The standard InChI is InChI=1S/C19H36N6O3/c1-19(2,3)28-18(26)21-7-5-8-23-11-13-24(14-12-23)9-6-10-25-15-16(20)17(22-25)27-4/h15H,5-14,20H2,1-4H3,(H,21,26). The van der Waals surface area contributed by atoms with Crippen LogP contribution >= 0.6 is 0 Å². The van der Waals surface area contributed by atoms with Crippen molar-refractivity contribution in [3.05, 3.63) is 6.20 Å². The minimum Gasteiger partial charge on any atom is -0.478 e. The number of carbonyl (C=O) groups excluding carboxylic acids is 1. The molecule has 2 rings (SSSR count). The van der Waals surface area contributed by atoms with Gasteiger partial charge in [-0.15, -0.1) is 5.10 Å². The largest absolute Gasteiger partial charge is 0.478 e. The number of hydrogen-bond donors (Lipinski definition) is 2. The van der Waals surface area contributed by atoms with Crippen LogP contribution in [0.15, 0.2) is 6.20 Å². The van der Waals surface area contributed by atoms with Crippen molar-refractivity contribution in [2.24, 2.45) is 0 Å². The topological polar surface area (TPSA) is 97.9 Å². The maximum absolute atomic E-state index is 11.6. The zero-order valence-electron chi connectivity index (χ0n) is 17.7. The van der Waals surface area contributed by atoms with E-state index in [1.807, 2.05) is 31.6 Å². The SMILES string of the molecule is COc1nn(CCCN2CCN(CCCNC(=O)OC(C)(C)C)CC2)cc1N. The molecular formula is C19H36N6O3. The summed E-state index contributed by atoms with van der Waals surface area (Å²) in [5.74, 6) is 0.495. The van der Waals surface area contributed by atoms with Gasteiger partial charge in [-0.25, -0.2) is 4.79 Å². The lowest BCUT2D eigenvalue weighted by Gasteiger charge is -2.34. The number of methoxy groups -OCH3 is 1. The fraction of sp³-hybridized carbons (Fsp3) is 0.789. The summed E-state index contributed by atoms with van der Waals surface area (Å²) < 4.78 is 12.2. The van der Waals surface area contributed by atoms with E-state index in [9.17, 15) is 4.79 Å². The van der Waals surface area contributed by atoms with Crippen LogP contribution in [0.4, 0.5) is 10.5 Å². The van der Waals surface area contributed by atoms with Crippen LogP contribution in [0.3, 0.4) is 0 Å². The first-order valence-electron chi connectivity index (χ1n) is 10.1. The van der Waals surface area contributed by atoms with Crippen LogP contribution in [0, 0.1) is 0 Å². The fourth-order valence-electron chi connectivity index (χ4n) is 3.19. The highest BCUT2D eigenvalue weighted by molar-refractivity contribution is 5.67. The molecule has 0 bridgehead atoms. The number of carbonyl (C=O) groups is 1. The molecule has 0 atom stereocenters. The Morgan fingerprint density at radius 2 is 1.75 bits per heavy atom. The second-order valence-corrected chi connectivity index (χ2v) is 8.18. The van der Waals surface area contributed by atoms with Gasteiger partial charge in [0.15, 0.2) is 0 Å². The molecule has 0 aliphatic carbocycles. The molecule has 9 nitrogen and oxygen atoms in total. The van der Waals surface area contributed by atoms with Gasteiger partial charge in [0.1, 0.15) is 11.3 Å². The summed E-state index contributed by atoms with van der Waals surface area (Å²) >= 11 is 0. The van der Waals surface area contributed by atoms with Crippen LogP contribution in [0.25, 0.3) is 0 Å². The number of ether oxygens (including phenoxy) is 2. The lowest BCUT2D eigenvalue weighted by atomic mass is 10.2. The Morgan fingerprint density at radius 1 is 1.14 bits per heavy atom. The van der Waals surface area contributed by atoms with E-state index in [1.54, 1.807) is 7.11 Å². The highest BCUT2D eigenvalue weighted by atomic mass is 16.6. The Hall–Kier alpha value is -2.00. The zero-order chi connectivity index (χ0) is 20.6. The Labute approximate surface area is 168 Å². The Kier molecular flexibility index (Phi) is 8.37. The maximum Gasteiger partial charge on any atom is 0.407 e. The third-order valence-corrected chi connectivity index (χ3v) is 4.59. The van der Waals surface area contributed by atoms with Crippen molar-refractivity contribution in [2.75, 3.05) is 58.7 Å². The molecule has 1 aliphatic heterocycles. The Bertz CT molecular complexity index is 605. The van der Waals surface area contributed by atoms with Gasteiger partial charge in [0.2, 0.25) is 0 Å². The van der Waals surface area contributed by atoms with Gasteiger partial charge >= 0.3 is 6.09 Å². The van der Waals surface area contributed by atoms with Gasteiger partial charge in [0.05, 0.1) is 13.3 Å². The van der Waals surface area contributed by atoms with Crippen molar-refractivity contribution in [1.29, 1.82) is 0 Å². The van der Waals surface area contributed by atoms with Crippen LogP contribution in [-0.2, 0) is 11.3 Å². The molecule has 0 saturated carbocycles. The van der Waals surface area contributed by atoms with Crippen molar-refractivity contribution >= 4 is 11.8 Å². The number of alkyl carbamates (subject to hydrolysis) is 1. The van der Waals surface area contributed by atoms with Crippen LogP contribution < -0.4 is 15.8 Å². The summed E-state index contributed by atoms with van der Waals surface area (Å²) in [5, 5.41) is 7.12. The first-order valence-corrected chi connectivity index (χ1v) is 10.1. The first-order chi connectivity index (χ1) is 13.3. The number of amides is 1. The van der Waals surface area contributed by atoms with Crippen molar-refractivity contribution in [2.45, 2.75) is 45.8 Å². The van der Waals surface area contributed by atoms with E-state index in [2.05, 4.69) is 20.2 Å². The molecule has 1 aromatic rings. The Morgan fingerprint density at radius 3 is 2.29 bits per heavy atom. The molecule has 3 N–H and O–H groups in total. The minimum atomic E-state index is -0.448. The number of piperazine rings is 1. The second kappa shape index (κ2) is 10.5. The Balaban J connectivity index is 1.53. The number of aromatic nitrogens is 2. The molecule has 160 valence electrons. The minimum absolute atomic E-state index is 0.339. The fourth-order valence-corrected chi connectivity index (χ4v) is 3.19. The van der Waals surface area contributed by atoms with Crippen LogP contribution in [0.2, 0.25) is 0 Å². The molecule has 2 heterocycles. The van der Waals surface area contributed by atoms with Gasteiger partial charge in [0, 0.05) is 39.3 Å². The normalized spacial score (nSPS) is 16.1. The summed E-state index contributed by atoms with van der Waals surface area (Å²) in [6, 6.07) is 0. The lowest BCUT2D eigenvalue weighted by Crippen LogP contribution is -2.47. The molecule has 9 heteroatoms. The first kappa shape index (κ1) is 22.3. The van der Waals surface area contributed by atoms with Gasteiger partial charge in [0.25, 0.3) is 5.88 Å². The molecule has 1 amide bonds. The van der Waals surface area contributed by atoms with Crippen LogP contribution in [0.1, 0.15) is 33.6 Å². The molecule has 1 saturated heterocycles. The van der Waals surface area contributed by atoms with Gasteiger partial charge in [-0.1, -0.05) is 0 Å². The molecular weight excluding hydrogens is 360 g/mol. The van der Waals surface area contributed by atoms with Gasteiger partial charge in [-0.05, 0) is 46.7 Å². The molecule has 0 radical (unpaired) electrons. The number of nitrogens with one attached hydrogen (secondary N) is 1. The molecule has 1 aliphatic rings. The number of anilines is 1. The average molecular weight is 397 g/mol.